The fourth-order valence-corrected chi connectivity index (χ4v) is 2.82. The van der Waals surface area contributed by atoms with Gasteiger partial charge in [-0.15, -0.1) is 0 Å². The first-order valence-corrected chi connectivity index (χ1v) is 8.22. The van der Waals surface area contributed by atoms with Crippen molar-refractivity contribution in [3.05, 3.63) is 16.1 Å². The summed E-state index contributed by atoms with van der Waals surface area (Å²) in [6, 6.07) is 0.517. The molecule has 1 rings (SSSR count). The maximum atomic E-state index is 12.5. The summed E-state index contributed by atoms with van der Waals surface area (Å²) in [5, 5.41) is 11.8. The third-order valence-corrected chi connectivity index (χ3v) is 4.25. The van der Waals surface area contributed by atoms with Gasteiger partial charge in [-0.2, -0.15) is 0 Å². The topological polar surface area (TPSA) is 94.1 Å². The standard InChI is InChI=1S/C16H22BrNO6/c1-5-6-7-10(16(20)21)18-15(19)9-8-11(22-2)13(23-3)14(24-4)12(9)17/h8,10H,5-7H2,1-4H3,(H,18,19)(H,20,21). The highest BCUT2D eigenvalue weighted by Gasteiger charge is 2.26. The first-order chi connectivity index (χ1) is 11.4. The molecule has 7 nitrogen and oxygen atoms in total. The molecule has 24 heavy (non-hydrogen) atoms. The Labute approximate surface area is 149 Å². The van der Waals surface area contributed by atoms with Gasteiger partial charge in [0, 0.05) is 0 Å². The van der Waals surface area contributed by atoms with E-state index in [4.69, 9.17) is 14.2 Å². The van der Waals surface area contributed by atoms with E-state index in [0.29, 0.717) is 34.6 Å². The van der Waals surface area contributed by atoms with Crippen molar-refractivity contribution in [3.63, 3.8) is 0 Å². The van der Waals surface area contributed by atoms with Crippen LogP contribution in [0.25, 0.3) is 0 Å². The number of halogens is 1. The summed E-state index contributed by atoms with van der Waals surface area (Å²) in [6.07, 6.45) is 1.90. The average molecular weight is 404 g/mol. The number of carbonyl (C=O) groups is 2. The van der Waals surface area contributed by atoms with Gasteiger partial charge in [-0.3, -0.25) is 4.79 Å². The molecule has 8 heteroatoms. The molecule has 0 bridgehead atoms. The molecule has 0 heterocycles. The van der Waals surface area contributed by atoms with Crippen LogP contribution in [-0.4, -0.2) is 44.4 Å². The van der Waals surface area contributed by atoms with Gasteiger partial charge in [0.25, 0.3) is 5.91 Å². The lowest BCUT2D eigenvalue weighted by Gasteiger charge is -2.18. The predicted octanol–water partition coefficient (Wildman–Crippen LogP) is 2.85. The summed E-state index contributed by atoms with van der Waals surface area (Å²) in [5.41, 5.74) is 0.201. The van der Waals surface area contributed by atoms with Crippen LogP contribution in [-0.2, 0) is 4.79 Å². The highest BCUT2D eigenvalue weighted by Crippen LogP contribution is 2.44. The van der Waals surface area contributed by atoms with Gasteiger partial charge in [-0.25, -0.2) is 4.79 Å². The second-order valence-electron chi connectivity index (χ2n) is 5.01. The number of aliphatic carboxylic acids is 1. The maximum Gasteiger partial charge on any atom is 0.326 e. The number of carboxylic acids is 1. The largest absolute Gasteiger partial charge is 0.493 e. The van der Waals surface area contributed by atoms with Crippen molar-refractivity contribution >= 4 is 27.8 Å². The second kappa shape index (κ2) is 9.36. The summed E-state index contributed by atoms with van der Waals surface area (Å²) in [4.78, 5) is 23.8. The molecule has 1 aromatic carbocycles. The van der Waals surface area contributed by atoms with Crippen LogP contribution in [0.4, 0.5) is 0 Å². The Bertz CT molecular complexity index is 605. The number of amides is 1. The second-order valence-corrected chi connectivity index (χ2v) is 5.81. The van der Waals surface area contributed by atoms with Crippen molar-refractivity contribution in [1.29, 1.82) is 0 Å². The number of unbranched alkanes of at least 4 members (excludes halogenated alkanes) is 1. The molecule has 0 spiro atoms. The van der Waals surface area contributed by atoms with Crippen LogP contribution < -0.4 is 19.5 Å². The monoisotopic (exact) mass is 403 g/mol. The Morgan fingerprint density at radius 3 is 2.29 bits per heavy atom. The van der Waals surface area contributed by atoms with Crippen molar-refractivity contribution in [3.8, 4) is 17.2 Å². The molecule has 0 saturated heterocycles. The summed E-state index contributed by atoms with van der Waals surface area (Å²) in [5.74, 6) is -0.667. The lowest BCUT2D eigenvalue weighted by Crippen LogP contribution is -2.40. The lowest BCUT2D eigenvalue weighted by molar-refractivity contribution is -0.139. The van der Waals surface area contributed by atoms with Crippen molar-refractivity contribution in [2.24, 2.45) is 0 Å². The van der Waals surface area contributed by atoms with Crippen LogP contribution in [0.3, 0.4) is 0 Å². The smallest absolute Gasteiger partial charge is 0.326 e. The molecule has 0 aromatic heterocycles. The minimum atomic E-state index is -1.07. The van der Waals surface area contributed by atoms with Gasteiger partial charge < -0.3 is 24.6 Å². The van der Waals surface area contributed by atoms with E-state index >= 15 is 0 Å². The van der Waals surface area contributed by atoms with E-state index in [1.807, 2.05) is 6.92 Å². The fraction of sp³-hybridized carbons (Fsp3) is 0.500. The van der Waals surface area contributed by atoms with E-state index in [1.54, 1.807) is 0 Å². The highest BCUT2D eigenvalue weighted by atomic mass is 79.9. The van der Waals surface area contributed by atoms with Gasteiger partial charge in [0.05, 0.1) is 31.4 Å². The van der Waals surface area contributed by atoms with E-state index in [-0.39, 0.29) is 5.56 Å². The Hall–Kier alpha value is -1.96. The first-order valence-electron chi connectivity index (χ1n) is 7.43. The summed E-state index contributed by atoms with van der Waals surface area (Å²) >= 11 is 3.31. The zero-order chi connectivity index (χ0) is 18.3. The zero-order valence-electron chi connectivity index (χ0n) is 14.1. The molecular weight excluding hydrogens is 382 g/mol. The Morgan fingerprint density at radius 1 is 1.21 bits per heavy atom. The van der Waals surface area contributed by atoms with E-state index < -0.39 is 17.9 Å². The number of methoxy groups -OCH3 is 3. The maximum absolute atomic E-state index is 12.5. The summed E-state index contributed by atoms with van der Waals surface area (Å²) < 4.78 is 16.1. The van der Waals surface area contributed by atoms with Crippen LogP contribution in [0.5, 0.6) is 17.2 Å². The fourth-order valence-electron chi connectivity index (χ4n) is 2.19. The molecule has 0 radical (unpaired) electrons. The Morgan fingerprint density at radius 2 is 1.83 bits per heavy atom. The molecule has 0 saturated carbocycles. The van der Waals surface area contributed by atoms with Crippen molar-refractivity contribution in [2.75, 3.05) is 21.3 Å². The normalized spacial score (nSPS) is 11.5. The molecule has 0 aliphatic rings. The van der Waals surface area contributed by atoms with Crippen molar-refractivity contribution in [2.45, 2.75) is 32.2 Å². The minimum absolute atomic E-state index is 0.201. The van der Waals surface area contributed by atoms with Gasteiger partial charge in [0.1, 0.15) is 6.04 Å². The molecule has 0 fully saturated rings. The quantitative estimate of drug-likeness (QED) is 0.658. The Balaban J connectivity index is 3.20. The molecular formula is C16H22BrNO6. The molecule has 2 N–H and O–H groups in total. The number of hydrogen-bond donors (Lipinski definition) is 2. The number of carboxylic acid groups (broad SMARTS) is 1. The SMILES string of the molecule is CCCCC(NC(=O)c1cc(OC)c(OC)c(OC)c1Br)C(=O)O. The molecule has 1 unspecified atom stereocenters. The van der Waals surface area contributed by atoms with Crippen LogP contribution in [0, 0.1) is 0 Å². The zero-order valence-corrected chi connectivity index (χ0v) is 15.7. The number of benzene rings is 1. The van der Waals surface area contributed by atoms with Gasteiger partial charge in [0.15, 0.2) is 11.5 Å². The van der Waals surface area contributed by atoms with Crippen LogP contribution in [0.15, 0.2) is 10.5 Å². The number of hydrogen-bond acceptors (Lipinski definition) is 5. The highest BCUT2D eigenvalue weighted by molar-refractivity contribution is 9.10. The molecule has 134 valence electrons. The third-order valence-electron chi connectivity index (χ3n) is 3.46. The van der Waals surface area contributed by atoms with Crippen LogP contribution in [0.1, 0.15) is 36.5 Å². The molecule has 1 atom stereocenters. The molecule has 1 amide bonds. The van der Waals surface area contributed by atoms with E-state index in [0.717, 1.165) is 6.42 Å². The number of nitrogens with one attached hydrogen (secondary N) is 1. The number of ether oxygens (including phenoxy) is 3. The Kier molecular flexibility index (Phi) is 7.84. The molecule has 0 aliphatic carbocycles. The van der Waals surface area contributed by atoms with Crippen LogP contribution in [0.2, 0.25) is 0 Å². The van der Waals surface area contributed by atoms with E-state index in [9.17, 15) is 14.7 Å². The average Bonchev–Trinajstić information content (AvgIpc) is 2.57. The van der Waals surface area contributed by atoms with Gasteiger partial charge in [-0.1, -0.05) is 19.8 Å². The van der Waals surface area contributed by atoms with E-state index in [1.165, 1.54) is 27.4 Å². The van der Waals surface area contributed by atoms with Crippen LogP contribution >= 0.6 is 15.9 Å². The lowest BCUT2D eigenvalue weighted by atomic mass is 10.1. The summed E-state index contributed by atoms with van der Waals surface area (Å²) in [6.45, 7) is 1.95. The third kappa shape index (κ3) is 4.53. The van der Waals surface area contributed by atoms with Gasteiger partial charge in [-0.05, 0) is 28.4 Å². The van der Waals surface area contributed by atoms with Crippen molar-refractivity contribution < 1.29 is 28.9 Å². The molecule has 1 aromatic rings. The summed E-state index contributed by atoms with van der Waals surface area (Å²) in [7, 11) is 4.33. The number of carbonyl (C=O) groups excluding carboxylic acids is 1. The minimum Gasteiger partial charge on any atom is -0.493 e. The van der Waals surface area contributed by atoms with Gasteiger partial charge >= 0.3 is 5.97 Å². The van der Waals surface area contributed by atoms with E-state index in [2.05, 4.69) is 21.2 Å². The van der Waals surface area contributed by atoms with Gasteiger partial charge in [0.2, 0.25) is 5.75 Å². The number of rotatable bonds is 9. The predicted molar refractivity (Wildman–Crippen MR) is 92.2 cm³/mol. The first kappa shape index (κ1) is 20.1. The molecule has 0 aliphatic heterocycles. The van der Waals surface area contributed by atoms with Crippen molar-refractivity contribution in [1.82, 2.24) is 5.32 Å².